The van der Waals surface area contributed by atoms with Gasteiger partial charge >= 0.3 is 13.2 Å². The highest BCUT2D eigenvalue weighted by Crippen LogP contribution is 2.36. The van der Waals surface area contributed by atoms with Crippen LogP contribution in [0.3, 0.4) is 0 Å². The Morgan fingerprint density at radius 2 is 1.68 bits per heavy atom. The molecule has 1 unspecified atom stereocenters. The van der Waals surface area contributed by atoms with E-state index in [0.29, 0.717) is 18.7 Å². The highest BCUT2D eigenvalue weighted by atomic mass is 16.7. The predicted octanol–water partition coefficient (Wildman–Crippen LogP) is 2.90. The lowest BCUT2D eigenvalue weighted by atomic mass is 9.79. The van der Waals surface area contributed by atoms with Crippen molar-refractivity contribution in [1.82, 2.24) is 10.2 Å². The van der Waals surface area contributed by atoms with E-state index in [9.17, 15) is 14.4 Å². The zero-order valence-corrected chi connectivity index (χ0v) is 22.2. The van der Waals surface area contributed by atoms with E-state index in [-0.39, 0.29) is 30.9 Å². The second-order valence-electron chi connectivity index (χ2n) is 10.6. The van der Waals surface area contributed by atoms with Gasteiger partial charge in [-0.25, -0.2) is 4.79 Å². The van der Waals surface area contributed by atoms with Crippen LogP contribution in [0.25, 0.3) is 6.08 Å². The Labute approximate surface area is 223 Å². The zero-order valence-electron chi connectivity index (χ0n) is 22.2. The van der Waals surface area contributed by atoms with Crippen LogP contribution in [0, 0.1) is 0 Å². The molecule has 4 rings (SSSR count). The average Bonchev–Trinajstić information content (AvgIpc) is 3.42. The van der Waals surface area contributed by atoms with Gasteiger partial charge in [0.1, 0.15) is 6.54 Å². The maximum absolute atomic E-state index is 13.3. The summed E-state index contributed by atoms with van der Waals surface area (Å²) in [7, 11) is -0.541. The van der Waals surface area contributed by atoms with Gasteiger partial charge in [-0.3, -0.25) is 14.5 Å². The molecule has 0 aromatic heterocycles. The molecule has 0 saturated carbocycles. The fraction of sp³-hybridized carbons (Fsp3) is 0.393. The van der Waals surface area contributed by atoms with E-state index in [2.05, 4.69) is 5.32 Å². The van der Waals surface area contributed by atoms with Crippen LogP contribution >= 0.6 is 0 Å². The van der Waals surface area contributed by atoms with Crippen LogP contribution in [-0.4, -0.2) is 71.9 Å². The Balaban J connectivity index is 1.53. The first-order chi connectivity index (χ1) is 17.9. The largest absolute Gasteiger partial charge is 0.494 e. The van der Waals surface area contributed by atoms with Crippen LogP contribution in [0.15, 0.2) is 60.7 Å². The first-order valence-corrected chi connectivity index (χ1v) is 12.7. The van der Waals surface area contributed by atoms with Gasteiger partial charge in [-0.05, 0) is 63.4 Å². The molecular formula is C28H34BN3O6. The molecule has 2 aliphatic rings. The number of nitrogens with one attached hydrogen (secondary N) is 1. The number of hydrogen-bond donors (Lipinski definition) is 2. The summed E-state index contributed by atoms with van der Waals surface area (Å²) < 4.78 is 12.3. The van der Waals surface area contributed by atoms with Gasteiger partial charge in [-0.1, -0.05) is 42.5 Å². The summed E-state index contributed by atoms with van der Waals surface area (Å²) in [6, 6.07) is 16.4. The van der Waals surface area contributed by atoms with E-state index in [4.69, 9.17) is 14.4 Å². The fourth-order valence-electron chi connectivity index (χ4n) is 4.42. The summed E-state index contributed by atoms with van der Waals surface area (Å²) in [5.74, 6) is -0.596. The van der Waals surface area contributed by atoms with E-state index in [0.717, 1.165) is 11.0 Å². The Morgan fingerprint density at radius 1 is 1.05 bits per heavy atom. The van der Waals surface area contributed by atoms with Crippen LogP contribution in [0.1, 0.15) is 39.7 Å². The van der Waals surface area contributed by atoms with Crippen LogP contribution < -0.4 is 15.7 Å². The van der Waals surface area contributed by atoms with Gasteiger partial charge < -0.3 is 24.6 Å². The quantitative estimate of drug-likeness (QED) is 0.430. The molecule has 200 valence electrons. The van der Waals surface area contributed by atoms with Gasteiger partial charge in [0.25, 0.3) is 5.91 Å². The second kappa shape index (κ2) is 11.0. The van der Waals surface area contributed by atoms with Crippen molar-refractivity contribution in [3.05, 3.63) is 66.2 Å². The lowest BCUT2D eigenvalue weighted by Crippen LogP contribution is -2.43. The molecule has 38 heavy (non-hydrogen) atoms. The molecule has 9 nitrogen and oxygen atoms in total. The topological polar surface area (TPSA) is 108 Å². The molecule has 2 heterocycles. The van der Waals surface area contributed by atoms with Crippen LogP contribution in [0.4, 0.5) is 10.5 Å². The van der Waals surface area contributed by atoms with Crippen molar-refractivity contribution in [1.29, 1.82) is 0 Å². The predicted molar refractivity (Wildman–Crippen MR) is 146 cm³/mol. The first kappa shape index (κ1) is 27.4. The van der Waals surface area contributed by atoms with Gasteiger partial charge in [-0.2, -0.15) is 0 Å². The lowest BCUT2D eigenvalue weighted by molar-refractivity contribution is -0.130. The molecular weight excluding hydrogens is 485 g/mol. The summed E-state index contributed by atoms with van der Waals surface area (Å²) in [6.45, 7) is 8.47. The standard InChI is InChI=1S/C28H34BN3O6/c1-27(2)28(3,4)38-29(37-27)21-11-13-23(14-12-21)32(24(33)15-10-20-8-6-5-7-9-20)19-25(34)31-17-16-22(18-31)30-26(35)36/h5-15,22,30H,16-19H2,1-4H3,(H,35,36). The Bertz CT molecular complexity index is 1180. The number of anilines is 1. The Morgan fingerprint density at radius 3 is 2.29 bits per heavy atom. The third-order valence-corrected chi connectivity index (χ3v) is 7.38. The minimum atomic E-state index is -1.12. The smallest absolute Gasteiger partial charge is 0.465 e. The van der Waals surface area contributed by atoms with Gasteiger partial charge in [0.2, 0.25) is 5.91 Å². The molecule has 0 radical (unpaired) electrons. The molecule has 2 aliphatic heterocycles. The number of nitrogens with zero attached hydrogens (tertiary/aromatic N) is 2. The summed E-state index contributed by atoms with van der Waals surface area (Å²) in [4.78, 5) is 40.5. The van der Waals surface area contributed by atoms with E-state index in [1.165, 1.54) is 11.0 Å². The molecule has 2 N–H and O–H groups in total. The van der Waals surface area contributed by atoms with Crippen molar-refractivity contribution in [3.63, 3.8) is 0 Å². The van der Waals surface area contributed by atoms with E-state index >= 15 is 0 Å². The van der Waals surface area contributed by atoms with E-state index in [1.807, 2.05) is 70.2 Å². The summed E-state index contributed by atoms with van der Waals surface area (Å²) >= 11 is 0. The van der Waals surface area contributed by atoms with Gasteiger partial charge in [-0.15, -0.1) is 0 Å². The van der Waals surface area contributed by atoms with Crippen molar-refractivity contribution in [3.8, 4) is 0 Å². The second-order valence-corrected chi connectivity index (χ2v) is 10.6. The Hall–Kier alpha value is -3.63. The van der Waals surface area contributed by atoms with Crippen molar-refractivity contribution in [2.24, 2.45) is 0 Å². The Kier molecular flexibility index (Phi) is 7.94. The number of carbonyl (C=O) groups excluding carboxylic acids is 2. The number of amides is 3. The number of hydrogen-bond acceptors (Lipinski definition) is 5. The molecule has 0 bridgehead atoms. The molecule has 1 atom stereocenters. The van der Waals surface area contributed by atoms with E-state index < -0.39 is 24.4 Å². The molecule has 10 heteroatoms. The number of carboxylic acid groups (broad SMARTS) is 1. The highest BCUT2D eigenvalue weighted by Gasteiger charge is 2.51. The molecule has 2 aromatic carbocycles. The maximum Gasteiger partial charge on any atom is 0.494 e. The van der Waals surface area contributed by atoms with Crippen molar-refractivity contribution < 1.29 is 28.8 Å². The normalized spacial score (nSPS) is 20.1. The zero-order chi connectivity index (χ0) is 27.5. The van der Waals surface area contributed by atoms with Crippen LogP contribution in [0.2, 0.25) is 0 Å². The van der Waals surface area contributed by atoms with Crippen LogP contribution in [0.5, 0.6) is 0 Å². The molecule has 2 fully saturated rings. The number of benzene rings is 2. The monoisotopic (exact) mass is 519 g/mol. The van der Waals surface area contributed by atoms with Crippen LogP contribution in [-0.2, 0) is 18.9 Å². The highest BCUT2D eigenvalue weighted by molar-refractivity contribution is 6.62. The van der Waals surface area contributed by atoms with Crippen molar-refractivity contribution in [2.75, 3.05) is 24.5 Å². The number of likely N-dealkylation sites (tertiary alicyclic amines) is 1. The third-order valence-electron chi connectivity index (χ3n) is 7.38. The minimum absolute atomic E-state index is 0.173. The molecule has 0 spiro atoms. The minimum Gasteiger partial charge on any atom is -0.465 e. The number of carbonyl (C=O) groups is 3. The number of rotatable bonds is 7. The van der Waals surface area contributed by atoms with E-state index in [1.54, 1.807) is 23.1 Å². The van der Waals surface area contributed by atoms with Crippen molar-refractivity contribution in [2.45, 2.75) is 51.4 Å². The summed E-state index contributed by atoms with van der Waals surface area (Å²) in [5.41, 5.74) is 1.28. The summed E-state index contributed by atoms with van der Waals surface area (Å²) in [5, 5.41) is 11.4. The molecule has 0 aliphatic carbocycles. The third kappa shape index (κ3) is 6.26. The molecule has 2 aromatic rings. The maximum atomic E-state index is 13.3. The van der Waals surface area contributed by atoms with Gasteiger partial charge in [0, 0.05) is 24.9 Å². The fourth-order valence-corrected chi connectivity index (χ4v) is 4.42. The first-order valence-electron chi connectivity index (χ1n) is 12.7. The summed E-state index contributed by atoms with van der Waals surface area (Å²) in [6.07, 6.45) is 2.57. The SMILES string of the molecule is CC1(C)OB(c2ccc(N(CC(=O)N3CCC(NC(=O)O)C3)C(=O)C=Cc3ccccc3)cc2)OC1(C)C. The van der Waals surface area contributed by atoms with Gasteiger partial charge in [0.05, 0.1) is 17.2 Å². The van der Waals surface area contributed by atoms with Crippen molar-refractivity contribution >= 4 is 42.3 Å². The lowest BCUT2D eigenvalue weighted by Gasteiger charge is -2.32. The van der Waals surface area contributed by atoms with Gasteiger partial charge in [0.15, 0.2) is 0 Å². The molecule has 2 saturated heterocycles. The molecule has 3 amide bonds. The average molecular weight is 519 g/mol.